The Bertz CT molecular complexity index is 2450. The van der Waals surface area contributed by atoms with Crippen LogP contribution in [0.3, 0.4) is 0 Å². The second kappa shape index (κ2) is 26.6. The van der Waals surface area contributed by atoms with Gasteiger partial charge in [0, 0.05) is 17.7 Å². The summed E-state index contributed by atoms with van der Waals surface area (Å²) in [5.74, 6) is 0.246. The van der Waals surface area contributed by atoms with Crippen molar-refractivity contribution < 1.29 is 47.6 Å². The molecular formula is C53H58N4O10. The van der Waals surface area contributed by atoms with E-state index in [1.807, 2.05) is 29.3 Å². The monoisotopic (exact) mass is 910 g/mol. The minimum absolute atomic E-state index is 0.0645. The van der Waals surface area contributed by atoms with Gasteiger partial charge in [0.05, 0.1) is 67.0 Å². The summed E-state index contributed by atoms with van der Waals surface area (Å²) >= 11 is 0. The van der Waals surface area contributed by atoms with Crippen LogP contribution in [0.5, 0.6) is 23.0 Å². The van der Waals surface area contributed by atoms with E-state index in [2.05, 4.69) is 18.1 Å². The fourth-order valence-electron chi connectivity index (χ4n) is 7.29. The molecule has 0 N–H and O–H groups in total. The average molecular weight is 911 g/mol. The van der Waals surface area contributed by atoms with Crippen LogP contribution in [0.25, 0.3) is 11.0 Å². The van der Waals surface area contributed by atoms with E-state index < -0.39 is 23.9 Å². The maximum absolute atomic E-state index is 13.6. The van der Waals surface area contributed by atoms with E-state index in [1.54, 1.807) is 79.1 Å². The summed E-state index contributed by atoms with van der Waals surface area (Å²) in [6.45, 7) is 8.52. The number of carbonyl (C=O) groups excluding carboxylic acids is 4. The summed E-state index contributed by atoms with van der Waals surface area (Å²) in [5.41, 5.74) is 2.55. The van der Waals surface area contributed by atoms with Gasteiger partial charge in [-0.2, -0.15) is 5.10 Å². The highest BCUT2D eigenvalue weighted by atomic mass is 16.5. The zero-order valence-electron chi connectivity index (χ0n) is 37.9. The van der Waals surface area contributed by atoms with Gasteiger partial charge in [-0.15, -0.1) is 0 Å². The van der Waals surface area contributed by atoms with E-state index in [1.165, 1.54) is 0 Å². The summed E-state index contributed by atoms with van der Waals surface area (Å²) in [5, 5.41) is 6.84. The molecule has 0 amide bonds. The van der Waals surface area contributed by atoms with Crippen LogP contribution in [0, 0.1) is 0 Å². The second-order valence-electron chi connectivity index (χ2n) is 15.9. The molecule has 14 heteroatoms. The van der Waals surface area contributed by atoms with Crippen LogP contribution in [-0.4, -0.2) is 72.5 Å². The lowest BCUT2D eigenvalue weighted by Crippen LogP contribution is -2.33. The van der Waals surface area contributed by atoms with Gasteiger partial charge in [0.25, 0.3) is 0 Å². The first-order valence-corrected chi connectivity index (χ1v) is 23.0. The topological polar surface area (TPSA) is 165 Å². The van der Waals surface area contributed by atoms with Crippen molar-refractivity contribution in [2.45, 2.75) is 89.5 Å². The quantitative estimate of drug-likeness (QED) is 0.0129. The van der Waals surface area contributed by atoms with Gasteiger partial charge in [-0.05, 0) is 143 Å². The number of benzene rings is 4. The van der Waals surface area contributed by atoms with Crippen molar-refractivity contribution in [2.24, 2.45) is 5.10 Å². The molecule has 0 bridgehead atoms. The summed E-state index contributed by atoms with van der Waals surface area (Å²) in [7, 11) is 0. The highest BCUT2D eigenvalue weighted by Gasteiger charge is 2.24. The smallest absolute Gasteiger partial charge is 0.343 e. The maximum atomic E-state index is 13.6. The Morgan fingerprint density at radius 1 is 0.612 bits per heavy atom. The van der Waals surface area contributed by atoms with Gasteiger partial charge in [-0.3, -0.25) is 4.98 Å². The number of esters is 4. The number of rotatable bonds is 26. The molecule has 1 aliphatic rings. The Hall–Kier alpha value is -7.35. The number of ether oxygens (including phenoxy) is 6. The normalized spacial score (nSPS) is 12.5. The molecule has 5 aromatic rings. The zero-order valence-corrected chi connectivity index (χ0v) is 37.9. The fraction of sp³-hybridized carbons (Fsp3) is 0.340. The molecule has 1 heterocycles. The summed E-state index contributed by atoms with van der Waals surface area (Å²) in [6.07, 6.45) is 17.5. The standard InChI is InChI=1S/C53H58N4O10/c1-3-50(58)64-34-16-7-5-14-32-62-43-26-22-39(23-27-43)52(60)66-45-30-31-48(67-53(61)40-24-28-44(29-25-40)63-33-15-6-8-17-35-65-51(59)4-2)41(36-45)37-55-57(42-18-10-9-11-19-42)49-38-54-46-20-12-13-21-47(46)56-49/h3-4,12-13,20-31,36-38,42H,1-2,5-11,14-19,32-35H2/b55-37+. The van der Waals surface area contributed by atoms with Gasteiger partial charge in [-0.25, -0.2) is 29.2 Å². The van der Waals surface area contributed by atoms with Crippen LogP contribution in [0.15, 0.2) is 128 Å². The van der Waals surface area contributed by atoms with E-state index in [0.717, 1.165) is 107 Å². The first-order valence-electron chi connectivity index (χ1n) is 23.0. The van der Waals surface area contributed by atoms with Crippen molar-refractivity contribution in [3.8, 4) is 23.0 Å². The van der Waals surface area contributed by atoms with Crippen LogP contribution in [0.2, 0.25) is 0 Å². The van der Waals surface area contributed by atoms with E-state index in [-0.39, 0.29) is 17.5 Å². The number of hydrazone groups is 1. The molecule has 0 atom stereocenters. The first kappa shape index (κ1) is 49.1. The van der Waals surface area contributed by atoms with E-state index in [9.17, 15) is 19.2 Å². The molecular weight excluding hydrogens is 853 g/mol. The fourth-order valence-corrected chi connectivity index (χ4v) is 7.29. The molecule has 1 aliphatic carbocycles. The lowest BCUT2D eigenvalue weighted by molar-refractivity contribution is -0.138. The van der Waals surface area contributed by atoms with Crippen LogP contribution in [-0.2, 0) is 19.1 Å². The van der Waals surface area contributed by atoms with Crippen LogP contribution >= 0.6 is 0 Å². The molecule has 350 valence electrons. The lowest BCUT2D eigenvalue weighted by Gasteiger charge is -2.31. The SMILES string of the molecule is C=CC(=O)OCCCCCCOc1ccc(C(=O)Oc2ccc(OC(=O)c3ccc(OCCCCCCOC(=O)C=C)cc3)c(/C=N/N(c3cnc4ccccc4n3)C3CCCCC3)c2)cc1. The minimum atomic E-state index is -0.596. The van der Waals surface area contributed by atoms with Gasteiger partial charge in [-0.1, -0.05) is 44.6 Å². The number of hydrogen-bond donors (Lipinski definition) is 0. The minimum Gasteiger partial charge on any atom is -0.494 e. The highest BCUT2D eigenvalue weighted by molar-refractivity contribution is 5.94. The molecule has 1 saturated carbocycles. The number of nitrogens with zero attached hydrogens (tertiary/aromatic N) is 4. The van der Waals surface area contributed by atoms with E-state index in [4.69, 9.17) is 38.5 Å². The van der Waals surface area contributed by atoms with Crippen molar-refractivity contribution in [3.63, 3.8) is 0 Å². The maximum Gasteiger partial charge on any atom is 0.343 e. The van der Waals surface area contributed by atoms with Crippen LogP contribution < -0.4 is 24.0 Å². The van der Waals surface area contributed by atoms with Crippen LogP contribution in [0.4, 0.5) is 5.82 Å². The van der Waals surface area contributed by atoms with Gasteiger partial charge < -0.3 is 28.4 Å². The predicted molar refractivity (Wildman–Crippen MR) is 256 cm³/mol. The lowest BCUT2D eigenvalue weighted by atomic mass is 9.95. The molecule has 1 fully saturated rings. The number of unbranched alkanes of at least 4 members (excludes halogenated alkanes) is 6. The van der Waals surface area contributed by atoms with Gasteiger partial charge in [0.15, 0.2) is 5.82 Å². The number of para-hydroxylation sites is 2. The molecule has 67 heavy (non-hydrogen) atoms. The summed E-state index contributed by atoms with van der Waals surface area (Å²) in [6, 6.07) is 25.9. The van der Waals surface area contributed by atoms with Crippen molar-refractivity contribution in [2.75, 3.05) is 31.4 Å². The molecule has 0 saturated heterocycles. The summed E-state index contributed by atoms with van der Waals surface area (Å²) in [4.78, 5) is 58.9. The average Bonchev–Trinajstić information content (AvgIpc) is 3.36. The number of fused-ring (bicyclic) bond motifs is 1. The Kier molecular flexibility index (Phi) is 19.5. The van der Waals surface area contributed by atoms with Crippen LogP contribution in [0.1, 0.15) is 110 Å². The van der Waals surface area contributed by atoms with Gasteiger partial charge in [0.1, 0.15) is 23.0 Å². The number of hydrogen-bond acceptors (Lipinski definition) is 14. The highest BCUT2D eigenvalue weighted by Crippen LogP contribution is 2.30. The number of anilines is 1. The Labute approximate surface area is 391 Å². The van der Waals surface area contributed by atoms with Crippen molar-refractivity contribution >= 4 is 46.9 Å². The zero-order chi connectivity index (χ0) is 47.1. The molecule has 4 aromatic carbocycles. The molecule has 14 nitrogen and oxygen atoms in total. The molecule has 1 aromatic heterocycles. The number of aromatic nitrogens is 2. The Balaban J connectivity index is 1.12. The molecule has 6 rings (SSSR count). The van der Waals surface area contributed by atoms with Gasteiger partial charge >= 0.3 is 23.9 Å². The van der Waals surface area contributed by atoms with Crippen molar-refractivity contribution in [1.82, 2.24) is 9.97 Å². The molecule has 0 unspecified atom stereocenters. The largest absolute Gasteiger partial charge is 0.494 e. The Morgan fingerprint density at radius 3 is 1.70 bits per heavy atom. The second-order valence-corrected chi connectivity index (χ2v) is 15.9. The molecule has 0 radical (unpaired) electrons. The third-order valence-corrected chi connectivity index (χ3v) is 10.9. The molecule has 0 aliphatic heterocycles. The Morgan fingerprint density at radius 2 is 1.13 bits per heavy atom. The third-order valence-electron chi connectivity index (χ3n) is 10.9. The third kappa shape index (κ3) is 15.9. The number of carbonyl (C=O) groups is 4. The van der Waals surface area contributed by atoms with Crippen molar-refractivity contribution in [3.05, 3.63) is 139 Å². The van der Waals surface area contributed by atoms with E-state index in [0.29, 0.717) is 60.4 Å². The van der Waals surface area contributed by atoms with Crippen molar-refractivity contribution in [1.29, 1.82) is 0 Å². The predicted octanol–water partition coefficient (Wildman–Crippen LogP) is 10.6. The summed E-state index contributed by atoms with van der Waals surface area (Å²) < 4.78 is 33.6. The first-order chi connectivity index (χ1) is 32.8. The molecule has 0 spiro atoms. The van der Waals surface area contributed by atoms with E-state index >= 15 is 0 Å². The van der Waals surface area contributed by atoms with Gasteiger partial charge in [0.2, 0.25) is 0 Å².